The highest BCUT2D eigenvalue weighted by atomic mass is 16.3. The van der Waals surface area contributed by atoms with E-state index in [1.807, 2.05) is 42.2 Å². The number of hydrogen-bond acceptors (Lipinski definition) is 7. The Hall–Kier alpha value is -4.44. The second kappa shape index (κ2) is 12.4. The normalized spacial score (nSPS) is 16.8. The van der Waals surface area contributed by atoms with Gasteiger partial charge in [0.1, 0.15) is 17.6 Å². The molecule has 1 aliphatic heterocycles. The first kappa shape index (κ1) is 27.6. The second-order valence-electron chi connectivity index (χ2n) is 9.83. The summed E-state index contributed by atoms with van der Waals surface area (Å²) < 4.78 is 0. The summed E-state index contributed by atoms with van der Waals surface area (Å²) in [5, 5.41) is 12.1. The van der Waals surface area contributed by atoms with E-state index in [1.54, 1.807) is 24.3 Å². The van der Waals surface area contributed by atoms with Gasteiger partial charge in [-0.25, -0.2) is 4.98 Å². The minimum atomic E-state index is -0.915. The molecule has 10 heteroatoms. The molecule has 6 N–H and O–H groups in total. The van der Waals surface area contributed by atoms with Crippen molar-refractivity contribution in [2.24, 2.45) is 11.5 Å². The van der Waals surface area contributed by atoms with E-state index in [-0.39, 0.29) is 24.1 Å². The van der Waals surface area contributed by atoms with Crippen LogP contribution in [0.25, 0.3) is 0 Å². The second-order valence-corrected chi connectivity index (χ2v) is 9.83. The zero-order valence-corrected chi connectivity index (χ0v) is 21.9. The first-order valence-corrected chi connectivity index (χ1v) is 12.9. The lowest BCUT2D eigenvalue weighted by Gasteiger charge is -2.41. The van der Waals surface area contributed by atoms with Crippen LogP contribution in [0.5, 0.6) is 5.75 Å². The topological polar surface area (TPSA) is 155 Å². The fourth-order valence-corrected chi connectivity index (χ4v) is 4.70. The van der Waals surface area contributed by atoms with Crippen LogP contribution in [0.4, 0.5) is 5.82 Å². The highest BCUT2D eigenvalue weighted by Gasteiger charge is 2.31. The number of phenols is 1. The maximum Gasteiger partial charge on any atom is 0.253 e. The van der Waals surface area contributed by atoms with E-state index >= 15 is 0 Å². The Morgan fingerprint density at radius 1 is 1.00 bits per heavy atom. The first-order valence-electron chi connectivity index (χ1n) is 12.9. The highest BCUT2D eigenvalue weighted by molar-refractivity contribution is 5.97. The number of benzene rings is 2. The van der Waals surface area contributed by atoms with Crippen LogP contribution in [0.1, 0.15) is 28.4 Å². The van der Waals surface area contributed by atoms with E-state index in [1.165, 1.54) is 18.3 Å². The van der Waals surface area contributed by atoms with Crippen LogP contribution in [0.3, 0.4) is 0 Å². The number of aromatic hydroxyl groups is 1. The van der Waals surface area contributed by atoms with E-state index in [2.05, 4.69) is 15.2 Å². The number of amides is 3. The fourth-order valence-electron chi connectivity index (χ4n) is 4.70. The number of rotatable bonds is 9. The molecule has 0 spiro atoms. The van der Waals surface area contributed by atoms with Gasteiger partial charge in [0.05, 0.1) is 11.6 Å². The van der Waals surface area contributed by atoms with Gasteiger partial charge in [-0.2, -0.15) is 0 Å². The summed E-state index contributed by atoms with van der Waals surface area (Å²) in [4.78, 5) is 46.1. The molecule has 0 saturated carbocycles. The van der Waals surface area contributed by atoms with Crippen LogP contribution in [0.2, 0.25) is 0 Å². The van der Waals surface area contributed by atoms with Gasteiger partial charge in [0.15, 0.2) is 0 Å². The number of aromatic nitrogens is 1. The van der Waals surface area contributed by atoms with Crippen LogP contribution < -0.4 is 21.7 Å². The van der Waals surface area contributed by atoms with Gasteiger partial charge >= 0.3 is 0 Å². The molecule has 10 nitrogen and oxygen atoms in total. The Labute approximate surface area is 227 Å². The van der Waals surface area contributed by atoms with Crippen molar-refractivity contribution in [1.29, 1.82) is 0 Å². The SMILES string of the molecule is CC1CN(c2ccc(C(=O)NC(Cc3ccc(O)cc3)C(N)=O)cn2)CCN1C(=O)C(N)Cc1ccccc1. The number of nitrogens with two attached hydrogens (primary N) is 2. The lowest BCUT2D eigenvalue weighted by Crippen LogP contribution is -2.58. The highest BCUT2D eigenvalue weighted by Crippen LogP contribution is 2.19. The van der Waals surface area contributed by atoms with Crippen LogP contribution in [-0.4, -0.2) is 70.5 Å². The zero-order valence-electron chi connectivity index (χ0n) is 21.9. The maximum absolute atomic E-state index is 13.0. The molecular weight excluding hydrogens is 496 g/mol. The van der Waals surface area contributed by atoms with Crippen molar-refractivity contribution in [1.82, 2.24) is 15.2 Å². The average molecular weight is 531 g/mol. The molecule has 1 saturated heterocycles. The zero-order chi connectivity index (χ0) is 27.9. The minimum Gasteiger partial charge on any atom is -0.508 e. The molecule has 1 aliphatic rings. The van der Waals surface area contributed by atoms with E-state index in [9.17, 15) is 19.5 Å². The number of nitrogens with zero attached hydrogens (tertiary/aromatic N) is 3. The van der Waals surface area contributed by atoms with Crippen LogP contribution >= 0.6 is 0 Å². The average Bonchev–Trinajstić information content (AvgIpc) is 2.94. The lowest BCUT2D eigenvalue weighted by atomic mass is 10.0. The van der Waals surface area contributed by atoms with Crippen LogP contribution in [-0.2, 0) is 22.4 Å². The van der Waals surface area contributed by atoms with Gasteiger partial charge < -0.3 is 31.7 Å². The van der Waals surface area contributed by atoms with Gasteiger partial charge in [0.25, 0.3) is 5.91 Å². The molecule has 3 atom stereocenters. The molecule has 4 rings (SSSR count). The molecule has 39 heavy (non-hydrogen) atoms. The minimum absolute atomic E-state index is 0.0610. The summed E-state index contributed by atoms with van der Waals surface area (Å²) in [6, 6.07) is 17.9. The summed E-state index contributed by atoms with van der Waals surface area (Å²) in [6.07, 6.45) is 2.15. The third kappa shape index (κ3) is 7.11. The molecule has 2 heterocycles. The lowest BCUT2D eigenvalue weighted by molar-refractivity contribution is -0.135. The molecule has 0 aliphatic carbocycles. The molecule has 0 radical (unpaired) electrons. The number of phenolic OH excluding ortho intramolecular Hbond substituents is 1. The first-order chi connectivity index (χ1) is 18.7. The molecule has 3 amide bonds. The monoisotopic (exact) mass is 530 g/mol. The molecule has 1 fully saturated rings. The van der Waals surface area contributed by atoms with Crippen molar-refractivity contribution in [3.63, 3.8) is 0 Å². The number of pyridine rings is 1. The van der Waals surface area contributed by atoms with Crippen LogP contribution in [0.15, 0.2) is 72.9 Å². The van der Waals surface area contributed by atoms with Gasteiger partial charge in [-0.3, -0.25) is 14.4 Å². The van der Waals surface area contributed by atoms with Gasteiger partial charge in [-0.1, -0.05) is 42.5 Å². The van der Waals surface area contributed by atoms with Crippen molar-refractivity contribution < 1.29 is 19.5 Å². The third-order valence-corrected chi connectivity index (χ3v) is 6.89. The number of nitrogens with one attached hydrogen (secondary N) is 1. The number of carbonyl (C=O) groups is 3. The van der Waals surface area contributed by atoms with Crippen LogP contribution in [0, 0.1) is 0 Å². The molecule has 3 unspecified atom stereocenters. The van der Waals surface area contributed by atoms with Crippen molar-refractivity contribution in [2.75, 3.05) is 24.5 Å². The largest absolute Gasteiger partial charge is 0.508 e. The summed E-state index contributed by atoms with van der Waals surface area (Å²) in [5.41, 5.74) is 13.8. The van der Waals surface area contributed by atoms with E-state index in [0.29, 0.717) is 37.4 Å². The number of primary amides is 1. The van der Waals surface area contributed by atoms with E-state index < -0.39 is 23.9 Å². The van der Waals surface area contributed by atoms with Crippen molar-refractivity contribution >= 4 is 23.5 Å². The summed E-state index contributed by atoms with van der Waals surface area (Å²) in [6.45, 7) is 3.67. The fraction of sp³-hybridized carbons (Fsp3) is 0.310. The third-order valence-electron chi connectivity index (χ3n) is 6.89. The number of piperazine rings is 1. The Morgan fingerprint density at radius 3 is 2.31 bits per heavy atom. The molecule has 2 aromatic carbocycles. The Balaban J connectivity index is 1.32. The molecule has 3 aromatic rings. The quantitative estimate of drug-likeness (QED) is 0.324. The van der Waals surface area contributed by atoms with Gasteiger partial charge in [0, 0.05) is 38.3 Å². The summed E-state index contributed by atoms with van der Waals surface area (Å²) in [7, 11) is 0. The Morgan fingerprint density at radius 2 is 1.69 bits per heavy atom. The van der Waals surface area contributed by atoms with E-state index in [4.69, 9.17) is 11.5 Å². The molecule has 1 aromatic heterocycles. The number of anilines is 1. The number of carbonyl (C=O) groups excluding carboxylic acids is 3. The summed E-state index contributed by atoms with van der Waals surface area (Å²) in [5.74, 6) is -0.394. The Kier molecular flexibility index (Phi) is 8.77. The predicted molar refractivity (Wildman–Crippen MR) is 148 cm³/mol. The van der Waals surface area contributed by atoms with E-state index in [0.717, 1.165) is 11.1 Å². The smallest absolute Gasteiger partial charge is 0.253 e. The van der Waals surface area contributed by atoms with Crippen molar-refractivity contribution in [3.05, 3.63) is 89.6 Å². The predicted octanol–water partition coefficient (Wildman–Crippen LogP) is 1.22. The van der Waals surface area contributed by atoms with Crippen molar-refractivity contribution in [3.8, 4) is 5.75 Å². The molecule has 204 valence electrons. The molecule has 0 bridgehead atoms. The standard InChI is InChI=1S/C29H34N6O4/c1-19-18-34(13-14-35(19)29(39)24(30)15-20-5-3-2-4-6-20)26-12-9-22(17-32-26)28(38)33-25(27(31)37)16-21-7-10-23(36)11-8-21/h2-12,17,19,24-25,36H,13-16,18,30H2,1H3,(H2,31,37)(H,33,38). The molecular formula is C29H34N6O4. The van der Waals surface area contributed by atoms with Gasteiger partial charge in [-0.05, 0) is 48.7 Å². The van der Waals surface area contributed by atoms with Gasteiger partial charge in [0.2, 0.25) is 11.8 Å². The Bertz CT molecular complexity index is 1280. The number of hydrogen-bond donors (Lipinski definition) is 4. The van der Waals surface area contributed by atoms with Crippen molar-refractivity contribution in [2.45, 2.75) is 37.9 Å². The summed E-state index contributed by atoms with van der Waals surface area (Å²) >= 11 is 0. The van der Waals surface area contributed by atoms with Gasteiger partial charge in [-0.15, -0.1) is 0 Å². The maximum atomic E-state index is 13.0.